The third kappa shape index (κ3) is 1.20. The van der Waals surface area contributed by atoms with E-state index in [1.807, 2.05) is 0 Å². The van der Waals surface area contributed by atoms with Crippen molar-refractivity contribution in [3.63, 3.8) is 0 Å². The van der Waals surface area contributed by atoms with Crippen LogP contribution in [0.15, 0.2) is 29.6 Å². The fourth-order valence-corrected chi connectivity index (χ4v) is 1.64. The Bertz CT molecular complexity index is 802. The molecule has 0 saturated heterocycles. The van der Waals surface area contributed by atoms with Crippen LogP contribution >= 0.6 is 0 Å². The number of pyridine rings is 1. The molecule has 1 amide bonds. The van der Waals surface area contributed by atoms with Crippen molar-refractivity contribution in [2.75, 3.05) is 0 Å². The quantitative estimate of drug-likeness (QED) is 0.552. The van der Waals surface area contributed by atoms with E-state index in [9.17, 15) is 9.59 Å². The summed E-state index contributed by atoms with van der Waals surface area (Å²) in [6.07, 6.45) is 3.98. The number of amides is 1. The lowest BCUT2D eigenvalue weighted by Gasteiger charge is -2.02. The van der Waals surface area contributed by atoms with Crippen LogP contribution in [-0.2, 0) is 0 Å². The number of nitrogens with two attached hydrogens (primary N) is 1. The highest BCUT2D eigenvalue weighted by Crippen LogP contribution is 2.08. The minimum Gasteiger partial charge on any atom is -0.351 e. The molecule has 0 spiro atoms. The Kier molecular flexibility index (Phi) is 1.73. The Morgan fingerprint density at radius 2 is 2.18 bits per heavy atom. The molecular formula is C9H6N6O2. The maximum absolute atomic E-state index is 11.9. The normalized spacial score (nSPS) is 11.1. The zero-order valence-electron chi connectivity index (χ0n) is 8.44. The van der Waals surface area contributed by atoms with Crippen molar-refractivity contribution < 1.29 is 4.79 Å². The van der Waals surface area contributed by atoms with Gasteiger partial charge in [0.15, 0.2) is 0 Å². The summed E-state index contributed by atoms with van der Waals surface area (Å²) in [4.78, 5) is 30.8. The number of hydrogen-bond donors (Lipinski definition) is 1. The second-order valence-electron chi connectivity index (χ2n) is 3.36. The van der Waals surface area contributed by atoms with Crippen LogP contribution in [0.3, 0.4) is 0 Å². The van der Waals surface area contributed by atoms with Gasteiger partial charge in [-0.1, -0.05) is 0 Å². The van der Waals surface area contributed by atoms with E-state index in [2.05, 4.69) is 15.1 Å². The maximum atomic E-state index is 11.9. The maximum Gasteiger partial charge on any atom is 0.325 e. The third-order valence-electron chi connectivity index (χ3n) is 2.41. The zero-order valence-corrected chi connectivity index (χ0v) is 8.44. The number of nitrogens with zero attached hydrogens (tertiary/aromatic N) is 5. The molecule has 17 heavy (non-hydrogen) atoms. The van der Waals surface area contributed by atoms with Gasteiger partial charge < -0.3 is 5.73 Å². The molecule has 3 aromatic rings. The Hall–Kier alpha value is -2.77. The fraction of sp³-hybridized carbons (Fsp3) is 0. The van der Waals surface area contributed by atoms with Gasteiger partial charge in [0, 0.05) is 12.4 Å². The summed E-state index contributed by atoms with van der Waals surface area (Å²) in [5.41, 5.74) is 5.06. The van der Waals surface area contributed by atoms with Gasteiger partial charge in [-0.3, -0.25) is 4.79 Å². The number of hydrogen-bond acceptors (Lipinski definition) is 5. The first-order valence-electron chi connectivity index (χ1n) is 4.68. The molecule has 3 rings (SSSR count). The zero-order chi connectivity index (χ0) is 12.0. The molecule has 0 fully saturated rings. The van der Waals surface area contributed by atoms with Crippen molar-refractivity contribution in [2.24, 2.45) is 5.73 Å². The monoisotopic (exact) mass is 230 g/mol. The molecule has 0 aliphatic carbocycles. The first kappa shape index (κ1) is 9.46. The molecule has 0 bridgehead atoms. The van der Waals surface area contributed by atoms with Crippen LogP contribution in [0.1, 0.15) is 0 Å². The third-order valence-corrected chi connectivity index (χ3v) is 2.41. The second kappa shape index (κ2) is 3.11. The molecule has 0 aliphatic heterocycles. The van der Waals surface area contributed by atoms with Gasteiger partial charge in [-0.25, -0.2) is 14.3 Å². The van der Waals surface area contributed by atoms with Crippen molar-refractivity contribution in [1.29, 1.82) is 0 Å². The summed E-state index contributed by atoms with van der Waals surface area (Å²) in [7, 11) is 0. The van der Waals surface area contributed by atoms with E-state index >= 15 is 0 Å². The highest BCUT2D eigenvalue weighted by atomic mass is 16.2. The van der Waals surface area contributed by atoms with Crippen LogP contribution in [0, 0.1) is 0 Å². The van der Waals surface area contributed by atoms with E-state index < -0.39 is 11.6 Å². The van der Waals surface area contributed by atoms with Crippen molar-refractivity contribution in [3.05, 3.63) is 35.1 Å². The smallest absolute Gasteiger partial charge is 0.325 e. The Labute approximate surface area is 93.3 Å². The molecule has 0 atom stereocenters. The second-order valence-corrected chi connectivity index (χ2v) is 3.36. The molecule has 8 nitrogen and oxygen atoms in total. The van der Waals surface area contributed by atoms with E-state index in [0.29, 0.717) is 11.3 Å². The Balaban J connectivity index is 2.53. The van der Waals surface area contributed by atoms with Gasteiger partial charge in [-0.15, -0.1) is 0 Å². The van der Waals surface area contributed by atoms with Crippen LogP contribution in [0.25, 0.3) is 16.7 Å². The van der Waals surface area contributed by atoms with Crippen LogP contribution < -0.4 is 11.3 Å². The summed E-state index contributed by atoms with van der Waals surface area (Å²) in [5, 5.41) is 4.20. The lowest BCUT2D eigenvalue weighted by atomic mass is 10.3. The Morgan fingerprint density at radius 1 is 1.35 bits per heavy atom. The first-order chi connectivity index (χ1) is 8.18. The highest BCUT2D eigenvalue weighted by molar-refractivity contribution is 5.83. The number of rotatable bonds is 0. The molecule has 0 radical (unpaired) electrons. The molecule has 0 saturated carbocycles. The van der Waals surface area contributed by atoms with Gasteiger partial charge in [-0.2, -0.15) is 14.6 Å². The van der Waals surface area contributed by atoms with Crippen LogP contribution in [0.4, 0.5) is 4.79 Å². The predicted octanol–water partition coefficient (Wildman–Crippen LogP) is -0.634. The topological polar surface area (TPSA) is 108 Å². The molecule has 3 aromatic heterocycles. The highest BCUT2D eigenvalue weighted by Gasteiger charge is 2.10. The van der Waals surface area contributed by atoms with Gasteiger partial charge in [0.25, 0.3) is 11.3 Å². The summed E-state index contributed by atoms with van der Waals surface area (Å²) >= 11 is 0. The van der Waals surface area contributed by atoms with Crippen LogP contribution in [-0.4, -0.2) is 30.2 Å². The lowest BCUT2D eigenvalue weighted by molar-refractivity contribution is 0.249. The minimum absolute atomic E-state index is 0.254. The van der Waals surface area contributed by atoms with Crippen molar-refractivity contribution in [2.45, 2.75) is 0 Å². The number of fused-ring (bicyclic) bond motifs is 3. The predicted molar refractivity (Wildman–Crippen MR) is 57.5 cm³/mol. The summed E-state index contributed by atoms with van der Waals surface area (Å²) < 4.78 is 2.23. The van der Waals surface area contributed by atoms with E-state index in [1.54, 1.807) is 6.07 Å². The number of aromatic nitrogens is 5. The summed E-state index contributed by atoms with van der Waals surface area (Å²) in [6, 6.07) is 0.723. The minimum atomic E-state index is -0.837. The largest absolute Gasteiger partial charge is 0.351 e. The average molecular weight is 230 g/mol. The number of carbonyl (C=O) groups excluding carboxylic acids is 1. The van der Waals surface area contributed by atoms with Gasteiger partial charge in [0.2, 0.25) is 0 Å². The standard InChI is InChI=1S/C9H6N6O2/c10-8(17)14-2-1-6-5(7(14)16)3-11-9-12-4-13-15(6)9/h1-4H,(H2,10,17). The molecule has 8 heteroatoms. The van der Waals surface area contributed by atoms with Crippen molar-refractivity contribution in [1.82, 2.24) is 24.1 Å². The molecule has 2 N–H and O–H groups in total. The van der Waals surface area contributed by atoms with Gasteiger partial charge in [0.05, 0.1) is 10.9 Å². The number of carbonyl (C=O) groups is 1. The van der Waals surface area contributed by atoms with E-state index in [0.717, 1.165) is 4.57 Å². The Morgan fingerprint density at radius 3 is 2.94 bits per heavy atom. The van der Waals surface area contributed by atoms with Crippen molar-refractivity contribution >= 4 is 22.7 Å². The average Bonchev–Trinajstić information content (AvgIpc) is 2.77. The first-order valence-corrected chi connectivity index (χ1v) is 4.68. The molecule has 0 aromatic carbocycles. The SMILES string of the molecule is NC(=O)n1ccc2c(cnc3ncnn32)c1=O. The summed E-state index contributed by atoms with van der Waals surface area (Å²) in [6.45, 7) is 0. The molecule has 84 valence electrons. The fourth-order valence-electron chi connectivity index (χ4n) is 1.64. The molecule has 0 unspecified atom stereocenters. The van der Waals surface area contributed by atoms with E-state index in [1.165, 1.54) is 23.2 Å². The van der Waals surface area contributed by atoms with Gasteiger partial charge in [0.1, 0.15) is 6.33 Å². The van der Waals surface area contributed by atoms with Crippen molar-refractivity contribution in [3.8, 4) is 0 Å². The van der Waals surface area contributed by atoms with Gasteiger partial charge in [-0.05, 0) is 6.07 Å². The lowest BCUT2D eigenvalue weighted by Crippen LogP contribution is -2.31. The molecule has 3 heterocycles. The van der Waals surface area contributed by atoms with Gasteiger partial charge >= 0.3 is 6.03 Å². The molecular weight excluding hydrogens is 224 g/mol. The summed E-state index contributed by atoms with van der Waals surface area (Å²) in [5.74, 6) is 0.383. The number of primary amides is 1. The van der Waals surface area contributed by atoms with Crippen LogP contribution in [0.2, 0.25) is 0 Å². The van der Waals surface area contributed by atoms with E-state index in [-0.39, 0.29) is 5.39 Å². The molecule has 0 aliphatic rings. The van der Waals surface area contributed by atoms with E-state index in [4.69, 9.17) is 5.73 Å². The van der Waals surface area contributed by atoms with Crippen LogP contribution in [0.5, 0.6) is 0 Å².